The van der Waals surface area contributed by atoms with Crippen molar-refractivity contribution in [3.63, 3.8) is 0 Å². The highest BCUT2D eigenvalue weighted by Gasteiger charge is 2.31. The maximum Gasteiger partial charge on any atom is 0.315 e. The van der Waals surface area contributed by atoms with Crippen LogP contribution in [0.3, 0.4) is 0 Å². The van der Waals surface area contributed by atoms with Crippen LogP contribution in [0.4, 0.5) is 4.79 Å². The van der Waals surface area contributed by atoms with Gasteiger partial charge in [0.2, 0.25) is 17.7 Å². The van der Waals surface area contributed by atoms with Crippen LogP contribution in [0.1, 0.15) is 52.9 Å². The second-order valence-corrected chi connectivity index (χ2v) is 8.72. The van der Waals surface area contributed by atoms with Gasteiger partial charge in [-0.1, -0.05) is 36.4 Å². The summed E-state index contributed by atoms with van der Waals surface area (Å²) < 4.78 is 0.397. The van der Waals surface area contributed by atoms with Crippen LogP contribution in [0.2, 0.25) is 0 Å². The number of hydrogen-bond acceptors (Lipinski definition) is 5. The lowest BCUT2D eigenvalue weighted by atomic mass is 9.98. The minimum absolute atomic E-state index is 0.0364. The molecule has 5 amide bonds. The summed E-state index contributed by atoms with van der Waals surface area (Å²) >= 11 is 1.98. The number of nitrogens with one attached hydrogen (secondary N) is 5. The Balaban J connectivity index is 2.59. The van der Waals surface area contributed by atoms with Gasteiger partial charge >= 0.3 is 6.03 Å². The first-order valence-electron chi connectivity index (χ1n) is 10.7. The van der Waals surface area contributed by atoms with Gasteiger partial charge in [0.25, 0.3) is 0 Å². The van der Waals surface area contributed by atoms with Gasteiger partial charge in [-0.2, -0.15) is 0 Å². The summed E-state index contributed by atoms with van der Waals surface area (Å²) in [6.45, 7) is 6.14. The van der Waals surface area contributed by atoms with Gasteiger partial charge in [-0.15, -0.1) is 0 Å². The minimum atomic E-state index is -0.769. The first-order valence-corrected chi connectivity index (χ1v) is 12.2. The summed E-state index contributed by atoms with van der Waals surface area (Å²) in [6, 6.07) is -2.64. The van der Waals surface area contributed by atoms with Gasteiger partial charge in [-0.3, -0.25) is 19.2 Å². The number of carbonyl (C=O) groups is 5. The zero-order chi connectivity index (χ0) is 23.4. The molecule has 0 radical (unpaired) electrons. The summed E-state index contributed by atoms with van der Waals surface area (Å²) in [5, 5.41) is 13.5. The molecule has 0 spiro atoms. The fourth-order valence-corrected chi connectivity index (χ4v) is 3.41. The quantitative estimate of drug-likeness (QED) is 0.152. The molecule has 31 heavy (non-hydrogen) atoms. The van der Waals surface area contributed by atoms with Gasteiger partial charge in [0.05, 0.1) is 16.5 Å². The van der Waals surface area contributed by atoms with Crippen LogP contribution >= 0.6 is 22.6 Å². The van der Waals surface area contributed by atoms with Gasteiger partial charge in [0.15, 0.2) is 5.78 Å². The predicted molar refractivity (Wildman–Crippen MR) is 125 cm³/mol. The number of rotatable bonds is 10. The van der Waals surface area contributed by atoms with Crippen LogP contribution in [-0.2, 0) is 19.2 Å². The van der Waals surface area contributed by atoms with Crippen LogP contribution in [0.25, 0.3) is 0 Å². The number of ketones is 1. The molecule has 11 heteroatoms. The number of alkyl halides is 1. The molecule has 1 aliphatic heterocycles. The Labute approximate surface area is 196 Å². The van der Waals surface area contributed by atoms with E-state index in [0.717, 1.165) is 0 Å². The molecule has 1 fully saturated rings. The molecule has 3 atom stereocenters. The van der Waals surface area contributed by atoms with E-state index in [4.69, 9.17) is 0 Å². The summed E-state index contributed by atoms with van der Waals surface area (Å²) in [6.07, 6.45) is 2.45. The van der Waals surface area contributed by atoms with Gasteiger partial charge < -0.3 is 26.6 Å². The molecule has 0 aromatic rings. The van der Waals surface area contributed by atoms with E-state index in [1.165, 1.54) is 0 Å². The van der Waals surface area contributed by atoms with E-state index >= 15 is 0 Å². The molecule has 0 aliphatic carbocycles. The van der Waals surface area contributed by atoms with E-state index in [-0.39, 0.29) is 29.9 Å². The second kappa shape index (κ2) is 14.2. The Hall–Kier alpha value is -1.92. The molecule has 1 unspecified atom stereocenters. The highest BCUT2D eigenvalue weighted by molar-refractivity contribution is 14.1. The van der Waals surface area contributed by atoms with Crippen molar-refractivity contribution in [2.45, 2.75) is 71.0 Å². The number of urea groups is 1. The number of Topliss-reactive ketones (excluding diaryl/α,β-unsaturated/α-hetero) is 1. The Bertz CT molecular complexity index is 658. The standard InChI is InChI=1S/C20H34IN5O5/c1-12(2)17(26-15(27)8-4-5-9-22-16(28)11-21)19(30)25-14-7-6-10-23-20(31)24-13(3)18(14)29/h12-14,17H,4-11H2,1-3H3,(H,22,28)(H,25,30)(H,26,27)(H2,23,24,31)/t13?,14-,17-/m0/s1. The number of unbranched alkanes of at least 4 members (excludes halogenated alkanes) is 1. The average Bonchev–Trinajstić information content (AvgIpc) is 2.77. The fourth-order valence-electron chi connectivity index (χ4n) is 3.14. The maximum atomic E-state index is 12.8. The van der Waals surface area contributed by atoms with Crippen molar-refractivity contribution in [1.29, 1.82) is 0 Å². The third-order valence-corrected chi connectivity index (χ3v) is 5.62. The highest BCUT2D eigenvalue weighted by atomic mass is 127. The van der Waals surface area contributed by atoms with Crippen molar-refractivity contribution >= 4 is 52.1 Å². The van der Waals surface area contributed by atoms with E-state index in [0.29, 0.717) is 43.2 Å². The van der Waals surface area contributed by atoms with Crippen molar-refractivity contribution in [2.24, 2.45) is 5.92 Å². The monoisotopic (exact) mass is 551 g/mol. The summed E-state index contributed by atoms with van der Waals surface area (Å²) in [7, 11) is 0. The number of halogens is 1. The van der Waals surface area contributed by atoms with Crippen LogP contribution in [-0.4, -0.2) is 65.2 Å². The Morgan fingerprint density at radius 2 is 1.87 bits per heavy atom. The molecule has 0 bridgehead atoms. The average molecular weight is 551 g/mol. The fraction of sp³-hybridized carbons (Fsp3) is 0.750. The molecule has 1 rings (SSSR count). The predicted octanol–water partition coefficient (Wildman–Crippen LogP) is 0.384. The van der Waals surface area contributed by atoms with Gasteiger partial charge in [0.1, 0.15) is 6.04 Å². The molecule has 1 aliphatic rings. The SMILES string of the molecule is CC1NC(=O)NCCC[C@H](NC(=O)[C@@H](NC(=O)CCCCNC(=O)CI)C(C)C)C1=O. The van der Waals surface area contributed by atoms with E-state index in [9.17, 15) is 24.0 Å². The van der Waals surface area contributed by atoms with Crippen molar-refractivity contribution < 1.29 is 24.0 Å². The van der Waals surface area contributed by atoms with Gasteiger partial charge in [-0.05, 0) is 38.5 Å². The second-order valence-electron chi connectivity index (χ2n) is 7.96. The van der Waals surface area contributed by atoms with Gasteiger partial charge in [0, 0.05) is 19.5 Å². The molecule has 0 aromatic carbocycles. The first-order chi connectivity index (χ1) is 14.6. The molecular weight excluding hydrogens is 517 g/mol. The first kappa shape index (κ1) is 27.1. The molecule has 0 aromatic heterocycles. The van der Waals surface area contributed by atoms with E-state index in [2.05, 4.69) is 26.6 Å². The van der Waals surface area contributed by atoms with E-state index in [1.807, 2.05) is 36.4 Å². The molecular formula is C20H34IN5O5. The molecule has 0 saturated carbocycles. The zero-order valence-electron chi connectivity index (χ0n) is 18.4. The molecule has 1 heterocycles. The van der Waals surface area contributed by atoms with Crippen molar-refractivity contribution in [3.05, 3.63) is 0 Å². The summed E-state index contributed by atoms with van der Waals surface area (Å²) in [5.74, 6) is -1.14. The third-order valence-electron chi connectivity index (χ3n) is 4.93. The molecule has 176 valence electrons. The van der Waals surface area contributed by atoms with Crippen LogP contribution < -0.4 is 26.6 Å². The van der Waals surface area contributed by atoms with E-state index < -0.39 is 30.1 Å². The number of amides is 5. The minimum Gasteiger partial charge on any atom is -0.355 e. The topological polar surface area (TPSA) is 146 Å². The normalized spacial score (nSPS) is 20.4. The molecule has 10 nitrogen and oxygen atoms in total. The smallest absolute Gasteiger partial charge is 0.315 e. The largest absolute Gasteiger partial charge is 0.355 e. The Kier molecular flexibility index (Phi) is 12.4. The van der Waals surface area contributed by atoms with E-state index in [1.54, 1.807) is 6.92 Å². The Morgan fingerprint density at radius 3 is 2.52 bits per heavy atom. The van der Waals surface area contributed by atoms with Crippen LogP contribution in [0.5, 0.6) is 0 Å². The van der Waals surface area contributed by atoms with Crippen molar-refractivity contribution in [1.82, 2.24) is 26.6 Å². The van der Waals surface area contributed by atoms with Crippen molar-refractivity contribution in [2.75, 3.05) is 17.5 Å². The van der Waals surface area contributed by atoms with Crippen LogP contribution in [0, 0.1) is 5.92 Å². The third kappa shape index (κ3) is 10.3. The Morgan fingerprint density at radius 1 is 1.16 bits per heavy atom. The van der Waals surface area contributed by atoms with Crippen molar-refractivity contribution in [3.8, 4) is 0 Å². The van der Waals surface area contributed by atoms with Crippen LogP contribution in [0.15, 0.2) is 0 Å². The van der Waals surface area contributed by atoms with Gasteiger partial charge in [-0.25, -0.2) is 4.79 Å². The lowest BCUT2D eigenvalue weighted by Gasteiger charge is -2.26. The number of hydrogen-bond donors (Lipinski definition) is 5. The zero-order valence-corrected chi connectivity index (χ0v) is 20.5. The molecule has 1 saturated heterocycles. The summed E-state index contributed by atoms with van der Waals surface area (Å²) in [5.41, 5.74) is 0. The lowest BCUT2D eigenvalue weighted by molar-refractivity contribution is -0.133. The number of carbonyl (C=O) groups excluding carboxylic acids is 5. The molecule has 5 N–H and O–H groups in total. The summed E-state index contributed by atoms with van der Waals surface area (Å²) in [4.78, 5) is 60.6. The highest BCUT2D eigenvalue weighted by Crippen LogP contribution is 2.08. The maximum absolute atomic E-state index is 12.8. The lowest BCUT2D eigenvalue weighted by Crippen LogP contribution is -2.56.